The monoisotopic (exact) mass is 224 g/mol. The van der Waals surface area contributed by atoms with Gasteiger partial charge in [-0.1, -0.05) is 12.1 Å². The highest BCUT2D eigenvalue weighted by atomic mass is 19.1. The predicted octanol–water partition coefficient (Wildman–Crippen LogP) is 1.29. The maximum Gasteiger partial charge on any atom is 0.272 e. The van der Waals surface area contributed by atoms with Crippen molar-refractivity contribution in [2.75, 3.05) is 11.1 Å². The molecule has 0 atom stereocenters. The van der Waals surface area contributed by atoms with Gasteiger partial charge in [-0.05, 0) is 12.1 Å². The summed E-state index contributed by atoms with van der Waals surface area (Å²) in [6.07, 6.45) is 0. The molecule has 0 aliphatic carbocycles. The summed E-state index contributed by atoms with van der Waals surface area (Å²) in [6.45, 7) is 0. The van der Waals surface area contributed by atoms with E-state index in [1.807, 2.05) is 0 Å². The van der Waals surface area contributed by atoms with Crippen molar-refractivity contribution in [3.8, 4) is 5.88 Å². The first-order valence-corrected chi connectivity index (χ1v) is 4.37. The lowest BCUT2D eigenvalue weighted by Crippen LogP contribution is -2.01. The number of para-hydroxylation sites is 1. The van der Waals surface area contributed by atoms with E-state index in [1.165, 1.54) is 18.2 Å². The Morgan fingerprint density at radius 1 is 1.38 bits per heavy atom. The molecule has 5 N–H and O–H groups in total. The zero-order valence-corrected chi connectivity index (χ0v) is 8.05. The third kappa shape index (κ3) is 1.58. The highest BCUT2D eigenvalue weighted by molar-refractivity contribution is 5.58. The number of anilines is 3. The van der Waals surface area contributed by atoms with Gasteiger partial charge in [-0.15, -0.1) is 4.73 Å². The van der Waals surface area contributed by atoms with E-state index >= 15 is 0 Å². The topological polar surface area (TPSA) is 96.3 Å². The SMILES string of the molecule is Nc1nc(Nc2ccccc2F)n(O)c1O. The number of benzene rings is 1. The van der Waals surface area contributed by atoms with E-state index in [1.54, 1.807) is 6.07 Å². The van der Waals surface area contributed by atoms with Crippen LogP contribution in [0.15, 0.2) is 24.3 Å². The van der Waals surface area contributed by atoms with E-state index in [-0.39, 0.29) is 17.5 Å². The van der Waals surface area contributed by atoms with E-state index in [2.05, 4.69) is 10.3 Å². The summed E-state index contributed by atoms with van der Waals surface area (Å²) in [5, 5.41) is 21.0. The molecule has 0 saturated carbocycles. The molecule has 1 aromatic heterocycles. The fraction of sp³-hybridized carbons (Fsp3) is 0. The Hall–Kier alpha value is -2.44. The van der Waals surface area contributed by atoms with Crippen LogP contribution in [0, 0.1) is 5.82 Å². The summed E-state index contributed by atoms with van der Waals surface area (Å²) < 4.78 is 13.6. The molecular weight excluding hydrogens is 215 g/mol. The Kier molecular flexibility index (Phi) is 2.28. The number of aromatic nitrogens is 2. The van der Waals surface area contributed by atoms with E-state index in [0.717, 1.165) is 0 Å². The first kappa shape index (κ1) is 10.1. The van der Waals surface area contributed by atoms with Crippen LogP contribution in [0.25, 0.3) is 0 Å². The van der Waals surface area contributed by atoms with Crippen molar-refractivity contribution in [1.29, 1.82) is 0 Å². The smallest absolute Gasteiger partial charge is 0.272 e. The lowest BCUT2D eigenvalue weighted by molar-refractivity contribution is 0.161. The molecule has 0 fully saturated rings. The van der Waals surface area contributed by atoms with E-state index in [0.29, 0.717) is 4.73 Å². The average Bonchev–Trinajstić information content (AvgIpc) is 2.50. The molecule has 0 amide bonds. The molecule has 0 aliphatic rings. The number of hydrogen-bond donors (Lipinski definition) is 4. The highest BCUT2D eigenvalue weighted by Gasteiger charge is 2.14. The molecular formula is C9H9FN4O2. The van der Waals surface area contributed by atoms with Gasteiger partial charge in [-0.25, -0.2) is 4.39 Å². The van der Waals surface area contributed by atoms with Crippen LogP contribution in [-0.4, -0.2) is 20.0 Å². The van der Waals surface area contributed by atoms with E-state index in [4.69, 9.17) is 10.8 Å². The van der Waals surface area contributed by atoms with Gasteiger partial charge in [0.25, 0.3) is 5.88 Å². The van der Waals surface area contributed by atoms with Crippen LogP contribution >= 0.6 is 0 Å². The lowest BCUT2D eigenvalue weighted by Gasteiger charge is -2.05. The predicted molar refractivity (Wildman–Crippen MR) is 55.2 cm³/mol. The number of halogens is 1. The molecule has 1 aromatic carbocycles. The van der Waals surface area contributed by atoms with E-state index in [9.17, 15) is 9.60 Å². The van der Waals surface area contributed by atoms with Crippen molar-refractivity contribution in [1.82, 2.24) is 9.71 Å². The molecule has 0 aliphatic heterocycles. The summed E-state index contributed by atoms with van der Waals surface area (Å²) in [6, 6.07) is 5.84. The molecule has 6 nitrogen and oxygen atoms in total. The Labute approximate surface area is 89.7 Å². The number of nitrogens with one attached hydrogen (secondary N) is 1. The minimum absolute atomic E-state index is 0.114. The van der Waals surface area contributed by atoms with Crippen LogP contribution in [0.2, 0.25) is 0 Å². The maximum absolute atomic E-state index is 13.2. The molecule has 16 heavy (non-hydrogen) atoms. The van der Waals surface area contributed by atoms with Gasteiger partial charge >= 0.3 is 0 Å². The molecule has 1 heterocycles. The molecule has 7 heteroatoms. The summed E-state index contributed by atoms with van der Waals surface area (Å²) in [5.74, 6) is -1.52. The second-order valence-corrected chi connectivity index (χ2v) is 3.06. The summed E-state index contributed by atoms with van der Waals surface area (Å²) in [4.78, 5) is 3.61. The molecule has 0 bridgehead atoms. The van der Waals surface area contributed by atoms with Crippen molar-refractivity contribution in [2.45, 2.75) is 0 Å². The van der Waals surface area contributed by atoms with Crippen molar-refractivity contribution in [2.24, 2.45) is 0 Å². The Morgan fingerprint density at radius 3 is 2.62 bits per heavy atom. The second kappa shape index (κ2) is 3.61. The standard InChI is InChI=1S/C9H9FN4O2/c10-5-3-1-2-4-6(5)12-9-13-7(11)8(15)14(9)16/h1-4,15-16H,11H2,(H,12,13). The zero-order chi connectivity index (χ0) is 11.7. The minimum atomic E-state index is -0.598. The first-order valence-electron chi connectivity index (χ1n) is 4.37. The number of hydrogen-bond acceptors (Lipinski definition) is 5. The number of nitrogen functional groups attached to an aromatic ring is 1. The van der Waals surface area contributed by atoms with Crippen LogP contribution in [0.1, 0.15) is 0 Å². The third-order valence-electron chi connectivity index (χ3n) is 1.98. The molecule has 2 rings (SSSR count). The molecule has 0 saturated heterocycles. The first-order chi connectivity index (χ1) is 7.59. The summed E-state index contributed by atoms with van der Waals surface area (Å²) >= 11 is 0. The van der Waals surface area contributed by atoms with Gasteiger partial charge in [-0.2, -0.15) is 4.98 Å². The summed E-state index contributed by atoms with van der Waals surface area (Å²) in [5.41, 5.74) is 5.37. The number of nitrogens with zero attached hydrogens (tertiary/aromatic N) is 2. The van der Waals surface area contributed by atoms with Crippen LogP contribution in [-0.2, 0) is 0 Å². The zero-order valence-electron chi connectivity index (χ0n) is 8.05. The van der Waals surface area contributed by atoms with Gasteiger partial charge in [0.1, 0.15) is 5.82 Å². The van der Waals surface area contributed by atoms with Gasteiger partial charge in [-0.3, -0.25) is 0 Å². The molecule has 0 radical (unpaired) electrons. The molecule has 84 valence electrons. The maximum atomic E-state index is 13.2. The third-order valence-corrected chi connectivity index (χ3v) is 1.98. The molecule has 2 aromatic rings. The molecule has 0 spiro atoms. The van der Waals surface area contributed by atoms with Crippen LogP contribution in [0.3, 0.4) is 0 Å². The van der Waals surface area contributed by atoms with Gasteiger partial charge in [0.2, 0.25) is 5.95 Å². The minimum Gasteiger partial charge on any atom is -0.490 e. The van der Waals surface area contributed by atoms with Crippen molar-refractivity contribution < 1.29 is 14.7 Å². The van der Waals surface area contributed by atoms with Crippen LogP contribution in [0.5, 0.6) is 5.88 Å². The molecule has 0 unspecified atom stereocenters. The van der Waals surface area contributed by atoms with Gasteiger partial charge in [0, 0.05) is 0 Å². The fourth-order valence-corrected chi connectivity index (χ4v) is 1.18. The van der Waals surface area contributed by atoms with Gasteiger partial charge < -0.3 is 21.4 Å². The van der Waals surface area contributed by atoms with Crippen molar-refractivity contribution >= 4 is 17.5 Å². The lowest BCUT2D eigenvalue weighted by atomic mass is 10.3. The Balaban J connectivity index is 2.34. The van der Waals surface area contributed by atoms with Gasteiger partial charge in [0.05, 0.1) is 5.69 Å². The Bertz CT molecular complexity index is 526. The largest absolute Gasteiger partial charge is 0.490 e. The highest BCUT2D eigenvalue weighted by Crippen LogP contribution is 2.25. The normalized spacial score (nSPS) is 10.3. The number of nitrogens with two attached hydrogens (primary N) is 1. The summed E-state index contributed by atoms with van der Waals surface area (Å²) in [7, 11) is 0. The fourth-order valence-electron chi connectivity index (χ4n) is 1.18. The van der Waals surface area contributed by atoms with E-state index < -0.39 is 11.7 Å². The average molecular weight is 224 g/mol. The quantitative estimate of drug-likeness (QED) is 0.576. The van der Waals surface area contributed by atoms with Crippen molar-refractivity contribution in [3.63, 3.8) is 0 Å². The second-order valence-electron chi connectivity index (χ2n) is 3.06. The Morgan fingerprint density at radius 2 is 2.06 bits per heavy atom. The number of rotatable bonds is 2. The van der Waals surface area contributed by atoms with Crippen LogP contribution in [0.4, 0.5) is 21.8 Å². The van der Waals surface area contributed by atoms with Crippen LogP contribution < -0.4 is 11.1 Å². The van der Waals surface area contributed by atoms with Crippen molar-refractivity contribution in [3.05, 3.63) is 30.1 Å². The number of imidazole rings is 1. The van der Waals surface area contributed by atoms with Gasteiger partial charge in [0.15, 0.2) is 5.82 Å². The number of aromatic hydroxyl groups is 1.